The number of hydrogen-bond acceptors (Lipinski definition) is 5. The summed E-state index contributed by atoms with van der Waals surface area (Å²) in [6, 6.07) is 7.81. The second-order valence-electron chi connectivity index (χ2n) is 4.42. The Labute approximate surface area is 106 Å². The molecule has 2 rings (SSSR count). The van der Waals surface area contributed by atoms with Crippen molar-refractivity contribution in [1.82, 2.24) is 15.0 Å². The summed E-state index contributed by atoms with van der Waals surface area (Å²) < 4.78 is 5.16. The van der Waals surface area contributed by atoms with E-state index in [1.165, 1.54) is 0 Å². The molecule has 0 amide bonds. The summed E-state index contributed by atoms with van der Waals surface area (Å²) in [5, 5.41) is 12.8. The molecule has 96 valence electrons. The molecule has 5 heteroatoms. The number of hydrogen-bond donors (Lipinski definition) is 1. The Bertz CT molecular complexity index is 491. The highest BCUT2D eigenvalue weighted by atomic mass is 16.5. The summed E-state index contributed by atoms with van der Waals surface area (Å²) in [4.78, 5) is 6.30. The van der Waals surface area contributed by atoms with E-state index in [4.69, 9.17) is 9.63 Å². The van der Waals surface area contributed by atoms with E-state index in [-0.39, 0.29) is 6.61 Å². The standard InChI is InChI=1S/C13H17N3O2/c1-16(2)9-12-14-13(15-18-12)11-5-3-10(4-6-11)7-8-17/h3-6,17H,7-9H2,1-2H3. The van der Waals surface area contributed by atoms with Gasteiger partial charge in [-0.05, 0) is 26.1 Å². The van der Waals surface area contributed by atoms with Crippen molar-refractivity contribution in [2.24, 2.45) is 0 Å². The van der Waals surface area contributed by atoms with Gasteiger partial charge in [-0.3, -0.25) is 0 Å². The van der Waals surface area contributed by atoms with Crippen molar-refractivity contribution in [3.63, 3.8) is 0 Å². The minimum absolute atomic E-state index is 0.161. The van der Waals surface area contributed by atoms with Gasteiger partial charge in [0.2, 0.25) is 11.7 Å². The maximum Gasteiger partial charge on any atom is 0.241 e. The molecule has 1 aromatic carbocycles. The van der Waals surface area contributed by atoms with Gasteiger partial charge < -0.3 is 14.5 Å². The van der Waals surface area contributed by atoms with Gasteiger partial charge in [-0.1, -0.05) is 29.4 Å². The first-order chi connectivity index (χ1) is 8.69. The number of aromatic nitrogens is 2. The normalized spacial score (nSPS) is 11.1. The first-order valence-corrected chi connectivity index (χ1v) is 5.86. The van der Waals surface area contributed by atoms with Crippen LogP contribution in [0.1, 0.15) is 11.5 Å². The fourth-order valence-electron chi connectivity index (χ4n) is 1.66. The van der Waals surface area contributed by atoms with Crippen LogP contribution < -0.4 is 0 Å². The van der Waals surface area contributed by atoms with Crippen LogP contribution in [0.5, 0.6) is 0 Å². The highest BCUT2D eigenvalue weighted by molar-refractivity contribution is 5.54. The van der Waals surface area contributed by atoms with Gasteiger partial charge in [-0.25, -0.2) is 0 Å². The van der Waals surface area contributed by atoms with Crippen molar-refractivity contribution < 1.29 is 9.63 Å². The number of aliphatic hydroxyl groups is 1. The third-order valence-corrected chi connectivity index (χ3v) is 2.53. The summed E-state index contributed by atoms with van der Waals surface area (Å²) >= 11 is 0. The zero-order valence-electron chi connectivity index (χ0n) is 10.6. The van der Waals surface area contributed by atoms with E-state index in [1.807, 2.05) is 43.3 Å². The highest BCUT2D eigenvalue weighted by Gasteiger charge is 2.08. The van der Waals surface area contributed by atoms with E-state index in [2.05, 4.69) is 10.1 Å². The Balaban J connectivity index is 2.13. The molecule has 0 atom stereocenters. The van der Waals surface area contributed by atoms with Crippen LogP contribution in [0.2, 0.25) is 0 Å². The molecule has 2 aromatic rings. The van der Waals surface area contributed by atoms with Gasteiger partial charge in [0, 0.05) is 12.2 Å². The zero-order valence-corrected chi connectivity index (χ0v) is 10.6. The minimum Gasteiger partial charge on any atom is -0.396 e. The molecule has 0 fully saturated rings. The van der Waals surface area contributed by atoms with Gasteiger partial charge in [0.1, 0.15) is 0 Å². The van der Waals surface area contributed by atoms with Gasteiger partial charge in [0.25, 0.3) is 0 Å². The van der Waals surface area contributed by atoms with E-state index in [1.54, 1.807) is 0 Å². The van der Waals surface area contributed by atoms with Gasteiger partial charge >= 0.3 is 0 Å². The molecule has 0 saturated carbocycles. The lowest BCUT2D eigenvalue weighted by atomic mass is 10.1. The molecule has 0 aliphatic heterocycles. The molecule has 1 heterocycles. The van der Waals surface area contributed by atoms with Crippen LogP contribution in [0.3, 0.4) is 0 Å². The first-order valence-electron chi connectivity index (χ1n) is 5.86. The fourth-order valence-corrected chi connectivity index (χ4v) is 1.66. The lowest BCUT2D eigenvalue weighted by molar-refractivity contribution is 0.299. The molecule has 0 spiro atoms. The van der Waals surface area contributed by atoms with Gasteiger partial charge in [-0.15, -0.1) is 0 Å². The third kappa shape index (κ3) is 3.15. The van der Waals surface area contributed by atoms with E-state index < -0.39 is 0 Å². The zero-order chi connectivity index (χ0) is 13.0. The summed E-state index contributed by atoms with van der Waals surface area (Å²) in [7, 11) is 3.90. The minimum atomic E-state index is 0.161. The van der Waals surface area contributed by atoms with Gasteiger partial charge in [-0.2, -0.15) is 4.98 Å². The molecule has 0 aliphatic carbocycles. The molecule has 0 saturated heterocycles. The molecule has 1 N–H and O–H groups in total. The summed E-state index contributed by atoms with van der Waals surface area (Å²) in [5.74, 6) is 1.21. The molecule has 0 bridgehead atoms. The molecule has 1 aromatic heterocycles. The van der Waals surface area contributed by atoms with Crippen LogP contribution >= 0.6 is 0 Å². The Morgan fingerprint density at radius 3 is 2.56 bits per heavy atom. The van der Waals surface area contributed by atoms with Crippen LogP contribution in [-0.2, 0) is 13.0 Å². The van der Waals surface area contributed by atoms with Crippen molar-refractivity contribution in [3.8, 4) is 11.4 Å². The van der Waals surface area contributed by atoms with Crippen LogP contribution in [0.15, 0.2) is 28.8 Å². The molecule has 18 heavy (non-hydrogen) atoms. The summed E-state index contributed by atoms with van der Waals surface area (Å²) in [6.45, 7) is 0.796. The second kappa shape index (κ2) is 5.75. The molecule has 5 nitrogen and oxygen atoms in total. The summed E-state index contributed by atoms with van der Waals surface area (Å²) in [5.41, 5.74) is 2.02. The Kier molecular flexibility index (Phi) is 4.07. The monoisotopic (exact) mass is 247 g/mol. The maximum absolute atomic E-state index is 8.85. The van der Waals surface area contributed by atoms with Crippen LogP contribution in [0, 0.1) is 0 Å². The number of rotatable bonds is 5. The van der Waals surface area contributed by atoms with E-state index >= 15 is 0 Å². The van der Waals surface area contributed by atoms with E-state index in [9.17, 15) is 0 Å². The van der Waals surface area contributed by atoms with E-state index in [0.717, 1.165) is 11.1 Å². The Morgan fingerprint density at radius 1 is 1.22 bits per heavy atom. The van der Waals surface area contributed by atoms with Crippen molar-refractivity contribution >= 4 is 0 Å². The summed E-state index contributed by atoms with van der Waals surface area (Å²) in [6.07, 6.45) is 0.665. The first kappa shape index (κ1) is 12.7. The topological polar surface area (TPSA) is 62.4 Å². The van der Waals surface area contributed by atoms with Crippen molar-refractivity contribution in [1.29, 1.82) is 0 Å². The quantitative estimate of drug-likeness (QED) is 0.863. The van der Waals surface area contributed by atoms with E-state index in [0.29, 0.717) is 24.7 Å². The number of nitrogens with zero attached hydrogens (tertiary/aromatic N) is 3. The average Bonchev–Trinajstić information content (AvgIpc) is 2.78. The fraction of sp³-hybridized carbons (Fsp3) is 0.385. The molecule has 0 radical (unpaired) electrons. The maximum atomic E-state index is 8.85. The smallest absolute Gasteiger partial charge is 0.241 e. The van der Waals surface area contributed by atoms with Crippen LogP contribution in [0.4, 0.5) is 0 Å². The molecular weight excluding hydrogens is 230 g/mol. The molecule has 0 aliphatic rings. The van der Waals surface area contributed by atoms with Gasteiger partial charge in [0.15, 0.2) is 0 Å². The second-order valence-corrected chi connectivity index (χ2v) is 4.42. The third-order valence-electron chi connectivity index (χ3n) is 2.53. The van der Waals surface area contributed by atoms with Crippen molar-refractivity contribution in [3.05, 3.63) is 35.7 Å². The molecule has 0 unspecified atom stereocenters. The number of aliphatic hydroxyl groups excluding tert-OH is 1. The largest absolute Gasteiger partial charge is 0.396 e. The SMILES string of the molecule is CN(C)Cc1nc(-c2ccc(CCO)cc2)no1. The Morgan fingerprint density at radius 2 is 1.94 bits per heavy atom. The number of benzene rings is 1. The highest BCUT2D eigenvalue weighted by Crippen LogP contribution is 2.17. The average molecular weight is 247 g/mol. The van der Waals surface area contributed by atoms with Crippen LogP contribution in [0.25, 0.3) is 11.4 Å². The predicted octanol–water partition coefficient (Wildman–Crippen LogP) is 1.33. The molecular formula is C13H17N3O2. The van der Waals surface area contributed by atoms with Crippen molar-refractivity contribution in [2.45, 2.75) is 13.0 Å². The predicted molar refractivity (Wildman–Crippen MR) is 67.9 cm³/mol. The van der Waals surface area contributed by atoms with Crippen molar-refractivity contribution in [2.75, 3.05) is 20.7 Å². The lowest BCUT2D eigenvalue weighted by Crippen LogP contribution is -2.10. The van der Waals surface area contributed by atoms with Gasteiger partial charge in [0.05, 0.1) is 6.54 Å². The lowest BCUT2D eigenvalue weighted by Gasteiger charge is -2.03. The Hall–Kier alpha value is -1.72. The van der Waals surface area contributed by atoms with Crippen LogP contribution in [-0.4, -0.2) is 40.8 Å².